The number of nitrogens with one attached hydrogen (secondary N) is 2. The third-order valence-corrected chi connectivity index (χ3v) is 5.25. The average molecular weight is 479 g/mol. The summed E-state index contributed by atoms with van der Waals surface area (Å²) in [5.74, 6) is 1.80. The van der Waals surface area contributed by atoms with Gasteiger partial charge in [-0.05, 0) is 71.0 Å². The van der Waals surface area contributed by atoms with E-state index in [0.29, 0.717) is 0 Å². The first-order chi connectivity index (χ1) is 12.2. The Morgan fingerprint density at radius 3 is 2.42 bits per heavy atom. The lowest BCUT2D eigenvalue weighted by Crippen LogP contribution is -2.41. The number of guanidine groups is 1. The molecule has 0 spiro atoms. The van der Waals surface area contributed by atoms with Gasteiger partial charge in [-0.2, -0.15) is 0 Å². The highest BCUT2D eigenvalue weighted by Gasteiger charge is 2.16. The minimum Gasteiger partial charge on any atom is -0.357 e. The third-order valence-electron chi connectivity index (χ3n) is 5.25. The van der Waals surface area contributed by atoms with Crippen LogP contribution >= 0.6 is 24.0 Å². The summed E-state index contributed by atoms with van der Waals surface area (Å²) in [4.78, 5) is 21.2. The molecule has 2 rings (SSSR count). The lowest BCUT2D eigenvalue weighted by atomic mass is 9.99. The van der Waals surface area contributed by atoms with E-state index < -0.39 is 0 Å². The van der Waals surface area contributed by atoms with Crippen LogP contribution in [0.1, 0.15) is 52.4 Å². The summed E-state index contributed by atoms with van der Waals surface area (Å²) in [5.41, 5.74) is 0. The lowest BCUT2D eigenvalue weighted by Gasteiger charge is -2.30. The lowest BCUT2D eigenvalue weighted by molar-refractivity contribution is -0.130. The molecule has 26 heavy (non-hydrogen) atoms. The van der Waals surface area contributed by atoms with Gasteiger partial charge in [0.05, 0.1) is 0 Å². The minimum atomic E-state index is 0. The smallest absolute Gasteiger partial charge is 0.244 e. The van der Waals surface area contributed by atoms with E-state index in [-0.39, 0.29) is 36.4 Å². The number of halogens is 1. The number of amides is 1. The number of carbonyl (C=O) groups excluding carboxylic acids is 1. The van der Waals surface area contributed by atoms with Crippen molar-refractivity contribution in [1.29, 1.82) is 0 Å². The summed E-state index contributed by atoms with van der Waals surface area (Å²) in [6.45, 7) is 11.8. The van der Waals surface area contributed by atoms with E-state index in [0.717, 1.165) is 63.9 Å². The van der Waals surface area contributed by atoms with Gasteiger partial charge in [-0.15, -0.1) is 24.0 Å². The van der Waals surface area contributed by atoms with Gasteiger partial charge in [0.25, 0.3) is 0 Å². The zero-order chi connectivity index (χ0) is 17.9. The Morgan fingerprint density at radius 2 is 1.77 bits per heavy atom. The molecule has 7 heteroatoms. The number of hydrogen-bond donors (Lipinski definition) is 2. The Kier molecular flexibility index (Phi) is 12.3. The largest absolute Gasteiger partial charge is 0.357 e. The number of piperidine rings is 2. The van der Waals surface area contributed by atoms with Crippen molar-refractivity contribution in [2.75, 3.05) is 52.4 Å². The van der Waals surface area contributed by atoms with Gasteiger partial charge in [0.15, 0.2) is 5.96 Å². The first-order valence-electron chi connectivity index (χ1n) is 10.2. The summed E-state index contributed by atoms with van der Waals surface area (Å²) in [6, 6.07) is 0. The number of nitrogens with zero attached hydrogens (tertiary/aromatic N) is 3. The maximum atomic E-state index is 12.2. The number of carbonyl (C=O) groups is 1. The molecule has 0 aromatic carbocycles. The van der Waals surface area contributed by atoms with E-state index in [1.54, 1.807) is 0 Å². The van der Waals surface area contributed by atoms with Crippen LogP contribution in [-0.2, 0) is 4.79 Å². The molecule has 2 N–H and O–H groups in total. The summed E-state index contributed by atoms with van der Waals surface area (Å²) >= 11 is 0. The zero-order valence-electron chi connectivity index (χ0n) is 16.6. The van der Waals surface area contributed by atoms with Crippen LogP contribution < -0.4 is 10.6 Å². The quantitative estimate of drug-likeness (QED) is 0.255. The van der Waals surface area contributed by atoms with Crippen molar-refractivity contribution >= 4 is 35.8 Å². The first-order valence-corrected chi connectivity index (χ1v) is 10.2. The van der Waals surface area contributed by atoms with Crippen LogP contribution in [0.3, 0.4) is 0 Å². The van der Waals surface area contributed by atoms with Crippen LogP contribution in [0.25, 0.3) is 0 Å². The molecule has 6 nitrogen and oxygen atoms in total. The van der Waals surface area contributed by atoms with E-state index in [1.807, 2.05) is 4.90 Å². The highest BCUT2D eigenvalue weighted by atomic mass is 127. The van der Waals surface area contributed by atoms with Crippen molar-refractivity contribution in [3.8, 4) is 0 Å². The molecule has 0 atom stereocenters. The summed E-state index contributed by atoms with van der Waals surface area (Å²) in [7, 11) is 0. The van der Waals surface area contributed by atoms with Crippen LogP contribution in [0.5, 0.6) is 0 Å². The molecular weight excluding hydrogens is 441 g/mol. The summed E-state index contributed by atoms with van der Waals surface area (Å²) < 4.78 is 0. The highest BCUT2D eigenvalue weighted by Crippen LogP contribution is 2.15. The van der Waals surface area contributed by atoms with Crippen molar-refractivity contribution in [1.82, 2.24) is 20.4 Å². The predicted octanol–water partition coefficient (Wildman–Crippen LogP) is 2.29. The number of likely N-dealkylation sites (tertiary alicyclic amines) is 2. The first kappa shape index (κ1) is 23.5. The fraction of sp³-hybridized carbons (Fsp3) is 0.895. The maximum Gasteiger partial charge on any atom is 0.244 e. The zero-order valence-corrected chi connectivity index (χ0v) is 19.0. The van der Waals surface area contributed by atoms with Gasteiger partial charge in [-0.3, -0.25) is 4.79 Å². The van der Waals surface area contributed by atoms with E-state index in [4.69, 9.17) is 0 Å². The summed E-state index contributed by atoms with van der Waals surface area (Å²) in [6.07, 6.45) is 7.27. The molecule has 2 fully saturated rings. The number of rotatable bonds is 7. The molecule has 152 valence electrons. The van der Waals surface area contributed by atoms with Crippen LogP contribution in [0.4, 0.5) is 0 Å². The third kappa shape index (κ3) is 8.88. The molecule has 0 aliphatic carbocycles. The second-order valence-corrected chi connectivity index (χ2v) is 7.44. The fourth-order valence-corrected chi connectivity index (χ4v) is 3.53. The van der Waals surface area contributed by atoms with Crippen molar-refractivity contribution in [3.63, 3.8) is 0 Å². The Bertz CT molecular complexity index is 418. The second-order valence-electron chi connectivity index (χ2n) is 7.44. The fourth-order valence-electron chi connectivity index (χ4n) is 3.53. The van der Waals surface area contributed by atoms with Gasteiger partial charge in [-0.1, -0.05) is 6.92 Å². The van der Waals surface area contributed by atoms with Gasteiger partial charge >= 0.3 is 0 Å². The topological polar surface area (TPSA) is 60.0 Å². The monoisotopic (exact) mass is 479 g/mol. The Labute approximate surface area is 176 Å². The van der Waals surface area contributed by atoms with Crippen molar-refractivity contribution < 1.29 is 4.79 Å². The molecule has 1 amide bonds. The normalized spacial score (nSPS) is 19.8. The number of hydrogen-bond acceptors (Lipinski definition) is 3. The average Bonchev–Trinajstić information content (AvgIpc) is 2.65. The predicted molar refractivity (Wildman–Crippen MR) is 119 cm³/mol. The summed E-state index contributed by atoms with van der Waals surface area (Å²) in [5, 5.41) is 6.61. The highest BCUT2D eigenvalue weighted by molar-refractivity contribution is 14.0. The molecule has 2 aliphatic rings. The second kappa shape index (κ2) is 13.6. The molecule has 0 bridgehead atoms. The van der Waals surface area contributed by atoms with Crippen LogP contribution in [0.15, 0.2) is 4.99 Å². The Hall–Kier alpha value is -0.570. The molecule has 2 aliphatic heterocycles. The van der Waals surface area contributed by atoms with E-state index >= 15 is 0 Å². The molecule has 2 heterocycles. The van der Waals surface area contributed by atoms with Gasteiger partial charge in [0.1, 0.15) is 6.54 Å². The van der Waals surface area contributed by atoms with Crippen molar-refractivity contribution in [3.05, 3.63) is 0 Å². The maximum absolute atomic E-state index is 12.2. The Balaban J connectivity index is 0.00000338. The van der Waals surface area contributed by atoms with E-state index in [2.05, 4.69) is 34.4 Å². The van der Waals surface area contributed by atoms with E-state index in [1.165, 1.54) is 32.4 Å². The van der Waals surface area contributed by atoms with Gasteiger partial charge < -0.3 is 20.4 Å². The molecular formula is C19H38IN5O. The van der Waals surface area contributed by atoms with Crippen LogP contribution in [-0.4, -0.2) is 74.0 Å². The standard InChI is InChI=1S/C19H37N5O.HI/c1-3-20-19(22-16-18(25)24-12-5-4-6-13-24)21-10-7-11-23-14-8-17(2)9-15-23;/h17H,3-16H2,1-2H3,(H2,20,21,22);1H. The molecule has 0 radical (unpaired) electrons. The Morgan fingerprint density at radius 1 is 1.08 bits per heavy atom. The van der Waals surface area contributed by atoms with E-state index in [9.17, 15) is 4.79 Å². The van der Waals surface area contributed by atoms with Crippen LogP contribution in [0.2, 0.25) is 0 Å². The number of aliphatic imine (C=N–C) groups is 1. The van der Waals surface area contributed by atoms with Gasteiger partial charge in [-0.25, -0.2) is 4.99 Å². The SMILES string of the molecule is CCNC(=NCC(=O)N1CCCCC1)NCCCN1CCC(C)CC1.I. The minimum absolute atomic E-state index is 0. The molecule has 0 unspecified atom stereocenters. The van der Waals surface area contributed by atoms with Crippen molar-refractivity contribution in [2.45, 2.75) is 52.4 Å². The van der Waals surface area contributed by atoms with Gasteiger partial charge in [0.2, 0.25) is 5.91 Å². The molecule has 0 saturated carbocycles. The molecule has 0 aromatic rings. The van der Waals surface area contributed by atoms with Gasteiger partial charge in [0, 0.05) is 26.2 Å². The van der Waals surface area contributed by atoms with Crippen molar-refractivity contribution in [2.24, 2.45) is 10.9 Å². The molecule has 0 aromatic heterocycles. The van der Waals surface area contributed by atoms with Crippen LogP contribution in [0, 0.1) is 5.92 Å². The molecule has 2 saturated heterocycles.